The fourth-order valence-corrected chi connectivity index (χ4v) is 4.77. The minimum absolute atomic E-state index is 0.111. The summed E-state index contributed by atoms with van der Waals surface area (Å²) >= 11 is 0. The predicted octanol–water partition coefficient (Wildman–Crippen LogP) is 5.03. The van der Waals surface area contributed by atoms with E-state index >= 15 is 4.39 Å². The summed E-state index contributed by atoms with van der Waals surface area (Å²) in [6.07, 6.45) is -0.906. The highest BCUT2D eigenvalue weighted by Gasteiger charge is 2.63. The summed E-state index contributed by atoms with van der Waals surface area (Å²) in [6, 6.07) is 7.54. The Kier molecular flexibility index (Phi) is 5.62. The number of piperidine rings is 1. The Balaban J connectivity index is 1.26. The first-order valence-electron chi connectivity index (χ1n) is 11.7. The second-order valence-electron chi connectivity index (χ2n) is 9.85. The van der Waals surface area contributed by atoms with Crippen molar-refractivity contribution in [3.63, 3.8) is 0 Å². The second kappa shape index (κ2) is 8.29. The number of likely N-dealkylation sites (tertiary alicyclic amines) is 1. The number of amides is 1. The molecule has 3 aromatic rings. The zero-order valence-electron chi connectivity index (χ0n) is 19.6. The first-order chi connectivity index (χ1) is 16.5. The highest BCUT2D eigenvalue weighted by atomic mass is 19.4. The van der Waals surface area contributed by atoms with Gasteiger partial charge in [-0.2, -0.15) is 13.2 Å². The Morgan fingerprint density at radius 1 is 1.06 bits per heavy atom. The third-order valence-corrected chi connectivity index (χ3v) is 7.52. The zero-order valence-corrected chi connectivity index (χ0v) is 19.6. The first kappa shape index (κ1) is 23.7. The van der Waals surface area contributed by atoms with Gasteiger partial charge >= 0.3 is 6.18 Å². The number of benzene rings is 1. The number of carbonyl (C=O) groups is 1. The largest absolute Gasteiger partial charge is 0.395 e. The number of aromatic nitrogens is 3. The molecule has 0 bridgehead atoms. The number of carbonyl (C=O) groups excluding carboxylic acids is 1. The number of nitrogens with zero attached hydrogens (tertiary/aromatic N) is 4. The molecule has 0 unspecified atom stereocenters. The number of rotatable bonds is 5. The second-order valence-corrected chi connectivity index (χ2v) is 9.85. The van der Waals surface area contributed by atoms with Crippen LogP contribution in [-0.4, -0.2) is 56.8 Å². The third-order valence-electron chi connectivity index (χ3n) is 7.52. The molecular formula is C25H27F4N5O. The van der Waals surface area contributed by atoms with Crippen LogP contribution < -0.4 is 5.32 Å². The third kappa shape index (κ3) is 4.39. The van der Waals surface area contributed by atoms with Gasteiger partial charge in [0.25, 0.3) is 5.91 Å². The fraction of sp³-hybridized carbons (Fsp3) is 0.480. The fourth-order valence-electron chi connectivity index (χ4n) is 4.77. The van der Waals surface area contributed by atoms with Crippen molar-refractivity contribution in [2.75, 3.05) is 25.0 Å². The number of aryl methyl sites for hydroxylation is 1. The van der Waals surface area contributed by atoms with Crippen LogP contribution in [0.2, 0.25) is 0 Å². The molecule has 35 heavy (non-hydrogen) atoms. The molecule has 6 nitrogen and oxygen atoms in total. The summed E-state index contributed by atoms with van der Waals surface area (Å²) in [4.78, 5) is 23.0. The van der Waals surface area contributed by atoms with Crippen LogP contribution in [0.3, 0.4) is 0 Å². The van der Waals surface area contributed by atoms with Gasteiger partial charge in [0.2, 0.25) is 0 Å². The lowest BCUT2D eigenvalue weighted by Gasteiger charge is -2.37. The number of pyridine rings is 1. The lowest BCUT2D eigenvalue weighted by molar-refractivity contribution is -0.193. The first-order valence-corrected chi connectivity index (χ1v) is 11.7. The number of fused-ring (bicyclic) bond motifs is 1. The minimum Gasteiger partial charge on any atom is -0.331 e. The van der Waals surface area contributed by atoms with E-state index in [2.05, 4.69) is 15.3 Å². The van der Waals surface area contributed by atoms with Crippen molar-refractivity contribution >= 4 is 22.5 Å². The van der Waals surface area contributed by atoms with Gasteiger partial charge in [0, 0.05) is 56.7 Å². The van der Waals surface area contributed by atoms with Crippen molar-refractivity contribution in [2.24, 2.45) is 12.5 Å². The number of imidazole rings is 1. The topological polar surface area (TPSA) is 63.1 Å². The lowest BCUT2D eigenvalue weighted by atomic mass is 9.91. The maximum atomic E-state index is 15.5. The van der Waals surface area contributed by atoms with Crippen LogP contribution in [0.1, 0.15) is 31.5 Å². The highest BCUT2D eigenvalue weighted by Crippen LogP contribution is 2.58. The molecule has 1 aliphatic carbocycles. The molecule has 5 rings (SSSR count). The number of hydrogen-bond acceptors (Lipinski definition) is 4. The van der Waals surface area contributed by atoms with E-state index < -0.39 is 23.2 Å². The van der Waals surface area contributed by atoms with Crippen molar-refractivity contribution < 1.29 is 22.4 Å². The molecule has 3 heterocycles. The van der Waals surface area contributed by atoms with Crippen molar-refractivity contribution in [3.05, 3.63) is 42.5 Å². The number of hydrogen-bond donors (Lipinski definition) is 1. The van der Waals surface area contributed by atoms with Gasteiger partial charge in [-0.15, -0.1) is 0 Å². The quantitative estimate of drug-likeness (QED) is 0.511. The van der Waals surface area contributed by atoms with Gasteiger partial charge < -0.3 is 14.8 Å². The SMILES string of the molecule is Cc1ncc(-c2ccc3cnc(NC(=O)C4(F)CCN(CC5(C(F)(F)F)CC5)CC4)cc3c2)n1C. The number of alkyl halides is 4. The summed E-state index contributed by atoms with van der Waals surface area (Å²) < 4.78 is 57.2. The Labute approximate surface area is 200 Å². The molecule has 1 saturated heterocycles. The summed E-state index contributed by atoms with van der Waals surface area (Å²) in [6.45, 7) is 2.01. The van der Waals surface area contributed by atoms with Gasteiger partial charge in [0.15, 0.2) is 5.67 Å². The van der Waals surface area contributed by atoms with Gasteiger partial charge in [-0.1, -0.05) is 12.1 Å². The molecule has 2 aliphatic rings. The average molecular weight is 490 g/mol. The number of halogens is 4. The molecule has 10 heteroatoms. The van der Waals surface area contributed by atoms with Crippen molar-refractivity contribution in [1.29, 1.82) is 0 Å². The van der Waals surface area contributed by atoms with E-state index in [-0.39, 0.29) is 51.1 Å². The number of anilines is 1. The van der Waals surface area contributed by atoms with Gasteiger partial charge in [-0.05, 0) is 37.3 Å². The summed E-state index contributed by atoms with van der Waals surface area (Å²) in [5, 5.41) is 4.28. The van der Waals surface area contributed by atoms with Crippen LogP contribution in [0.4, 0.5) is 23.4 Å². The van der Waals surface area contributed by atoms with E-state index in [1.165, 1.54) is 0 Å². The minimum atomic E-state index is -4.24. The monoisotopic (exact) mass is 489 g/mol. The molecule has 1 aliphatic heterocycles. The molecule has 1 N–H and O–H groups in total. The van der Waals surface area contributed by atoms with Crippen LogP contribution in [0, 0.1) is 12.3 Å². The van der Waals surface area contributed by atoms with Crippen molar-refractivity contribution in [2.45, 2.75) is 44.5 Å². The van der Waals surface area contributed by atoms with Gasteiger partial charge in [0.1, 0.15) is 11.6 Å². The normalized spacial score (nSPS) is 19.6. The molecule has 0 radical (unpaired) electrons. The van der Waals surface area contributed by atoms with Crippen LogP contribution >= 0.6 is 0 Å². The molecular weight excluding hydrogens is 462 g/mol. The van der Waals surface area contributed by atoms with E-state index in [1.807, 2.05) is 36.7 Å². The Morgan fingerprint density at radius 2 is 1.77 bits per heavy atom. The predicted molar refractivity (Wildman–Crippen MR) is 125 cm³/mol. The molecule has 0 atom stereocenters. The number of nitrogens with one attached hydrogen (secondary N) is 1. The molecule has 0 spiro atoms. The molecule has 2 fully saturated rings. The van der Waals surface area contributed by atoms with Crippen LogP contribution in [0.25, 0.3) is 22.0 Å². The van der Waals surface area contributed by atoms with Gasteiger partial charge in [-0.25, -0.2) is 14.4 Å². The lowest BCUT2D eigenvalue weighted by Crippen LogP contribution is -2.51. The smallest absolute Gasteiger partial charge is 0.331 e. The Bertz CT molecular complexity index is 1270. The van der Waals surface area contributed by atoms with Gasteiger partial charge in [-0.3, -0.25) is 4.79 Å². The highest BCUT2D eigenvalue weighted by molar-refractivity contribution is 5.98. The van der Waals surface area contributed by atoms with Crippen LogP contribution in [0.15, 0.2) is 36.7 Å². The van der Waals surface area contributed by atoms with Crippen LogP contribution in [-0.2, 0) is 11.8 Å². The Morgan fingerprint density at radius 3 is 2.37 bits per heavy atom. The van der Waals surface area contributed by atoms with E-state index in [4.69, 9.17) is 0 Å². The summed E-state index contributed by atoms with van der Waals surface area (Å²) in [5.41, 5.74) is -1.91. The average Bonchev–Trinajstić information content (AvgIpc) is 3.54. The van der Waals surface area contributed by atoms with Crippen molar-refractivity contribution in [3.8, 4) is 11.3 Å². The standard InChI is InChI=1S/C25H27F4N5O/c1-16-30-14-20(33(16)2)17-3-4-18-13-31-21(12-19(18)11-17)32-22(35)24(26)7-9-34(10-8-24)15-23(5-6-23)25(27,28)29/h3-4,11-14H,5-10,15H2,1-2H3,(H,31,32,35). The maximum absolute atomic E-state index is 15.5. The van der Waals surface area contributed by atoms with Gasteiger partial charge in [0.05, 0.1) is 17.3 Å². The maximum Gasteiger partial charge on any atom is 0.395 e. The van der Waals surface area contributed by atoms with Crippen LogP contribution in [0.5, 0.6) is 0 Å². The summed E-state index contributed by atoms with van der Waals surface area (Å²) in [7, 11) is 1.93. The molecule has 1 saturated carbocycles. The molecule has 1 aromatic carbocycles. The molecule has 1 amide bonds. The van der Waals surface area contributed by atoms with E-state index in [0.717, 1.165) is 27.9 Å². The van der Waals surface area contributed by atoms with E-state index in [1.54, 1.807) is 23.4 Å². The Hall–Kier alpha value is -3.01. The van der Waals surface area contributed by atoms with Crippen molar-refractivity contribution in [1.82, 2.24) is 19.4 Å². The molecule has 2 aromatic heterocycles. The summed E-state index contributed by atoms with van der Waals surface area (Å²) in [5.74, 6) is 0.307. The molecule has 186 valence electrons. The van der Waals surface area contributed by atoms with E-state index in [0.29, 0.717) is 0 Å². The van der Waals surface area contributed by atoms with E-state index in [9.17, 15) is 18.0 Å². The zero-order chi connectivity index (χ0) is 25.0.